The summed E-state index contributed by atoms with van der Waals surface area (Å²) in [6.07, 6.45) is 4.17. The Morgan fingerprint density at radius 2 is 2.23 bits per heavy atom. The number of thiazole rings is 1. The van der Waals surface area contributed by atoms with Crippen LogP contribution in [0.5, 0.6) is 0 Å². The van der Waals surface area contributed by atoms with Crippen LogP contribution >= 0.6 is 11.3 Å². The lowest BCUT2D eigenvalue weighted by atomic mass is 10.2. The molecule has 0 aliphatic heterocycles. The van der Waals surface area contributed by atoms with Crippen molar-refractivity contribution in [2.75, 3.05) is 11.9 Å². The van der Waals surface area contributed by atoms with E-state index in [2.05, 4.69) is 15.6 Å². The van der Waals surface area contributed by atoms with Crippen molar-refractivity contribution in [1.82, 2.24) is 10.3 Å². The standard InChI is InChI=1S/C16H18FN3OS/c1-10-8-19-16(22-10)15(11-6-7-11)18-9-14(21)20-13-5-3-2-4-12(13)17/h2-5,8,11,15,18H,6-7,9H2,1H3,(H,20,21)/t15-/m0/s1. The van der Waals surface area contributed by atoms with Crippen molar-refractivity contribution in [3.05, 3.63) is 46.2 Å². The van der Waals surface area contributed by atoms with Crippen LogP contribution in [-0.2, 0) is 4.79 Å². The van der Waals surface area contributed by atoms with Gasteiger partial charge in [0, 0.05) is 11.1 Å². The molecule has 1 saturated carbocycles. The molecule has 0 saturated heterocycles. The topological polar surface area (TPSA) is 54.0 Å². The Bertz CT molecular complexity index is 669. The van der Waals surface area contributed by atoms with Crippen LogP contribution in [0.1, 0.15) is 28.8 Å². The lowest BCUT2D eigenvalue weighted by Gasteiger charge is -2.15. The smallest absolute Gasteiger partial charge is 0.238 e. The Morgan fingerprint density at radius 1 is 1.45 bits per heavy atom. The van der Waals surface area contributed by atoms with Crippen molar-refractivity contribution in [1.29, 1.82) is 0 Å². The number of rotatable bonds is 6. The van der Waals surface area contributed by atoms with Gasteiger partial charge in [-0.1, -0.05) is 12.1 Å². The average Bonchev–Trinajstić information content (AvgIpc) is 3.24. The van der Waals surface area contributed by atoms with Crippen molar-refractivity contribution < 1.29 is 9.18 Å². The summed E-state index contributed by atoms with van der Waals surface area (Å²) in [4.78, 5) is 17.6. The van der Waals surface area contributed by atoms with E-state index >= 15 is 0 Å². The molecule has 0 spiro atoms. The first kappa shape index (κ1) is 15.1. The number of carbonyl (C=O) groups excluding carboxylic acids is 1. The Morgan fingerprint density at radius 3 is 2.86 bits per heavy atom. The monoisotopic (exact) mass is 319 g/mol. The van der Waals surface area contributed by atoms with Crippen LogP contribution in [0.3, 0.4) is 0 Å². The molecular formula is C16H18FN3OS. The van der Waals surface area contributed by atoms with Gasteiger partial charge in [-0.25, -0.2) is 9.37 Å². The lowest BCUT2D eigenvalue weighted by molar-refractivity contribution is -0.115. The van der Waals surface area contributed by atoms with Crippen molar-refractivity contribution in [2.24, 2.45) is 5.92 Å². The van der Waals surface area contributed by atoms with E-state index in [1.165, 1.54) is 10.9 Å². The molecule has 1 heterocycles. The van der Waals surface area contributed by atoms with Crippen LogP contribution in [0.2, 0.25) is 0 Å². The van der Waals surface area contributed by atoms with Crippen molar-refractivity contribution in [3.8, 4) is 0 Å². The first-order valence-corrected chi connectivity index (χ1v) is 8.15. The molecule has 3 rings (SSSR count). The molecule has 0 bridgehead atoms. The molecular weight excluding hydrogens is 301 g/mol. The number of para-hydroxylation sites is 1. The highest BCUT2D eigenvalue weighted by Crippen LogP contribution is 2.41. The SMILES string of the molecule is Cc1cnc([C@@H](NCC(=O)Nc2ccccc2F)C2CC2)s1. The molecule has 22 heavy (non-hydrogen) atoms. The molecule has 1 aliphatic carbocycles. The molecule has 2 N–H and O–H groups in total. The zero-order valence-corrected chi connectivity index (χ0v) is 13.1. The van der Waals surface area contributed by atoms with E-state index in [0.29, 0.717) is 5.92 Å². The highest BCUT2D eigenvalue weighted by molar-refractivity contribution is 7.11. The Labute approximate surface area is 132 Å². The zero-order valence-electron chi connectivity index (χ0n) is 12.3. The molecule has 1 aliphatic rings. The molecule has 4 nitrogen and oxygen atoms in total. The molecule has 116 valence electrons. The molecule has 1 aromatic heterocycles. The number of benzene rings is 1. The number of aromatic nitrogens is 1. The quantitative estimate of drug-likeness (QED) is 0.859. The minimum Gasteiger partial charge on any atom is -0.322 e. The van der Waals surface area contributed by atoms with Gasteiger partial charge < -0.3 is 5.32 Å². The number of hydrogen-bond acceptors (Lipinski definition) is 4. The molecule has 1 amide bonds. The Kier molecular flexibility index (Phi) is 4.49. The van der Waals surface area contributed by atoms with Gasteiger partial charge in [0.05, 0.1) is 18.3 Å². The fourth-order valence-electron chi connectivity index (χ4n) is 2.36. The highest BCUT2D eigenvalue weighted by atomic mass is 32.1. The summed E-state index contributed by atoms with van der Waals surface area (Å²) in [5, 5.41) is 6.88. The van der Waals surface area contributed by atoms with Gasteiger partial charge in [0.2, 0.25) is 5.91 Å². The lowest BCUT2D eigenvalue weighted by Crippen LogP contribution is -2.32. The van der Waals surface area contributed by atoms with Crippen molar-refractivity contribution in [2.45, 2.75) is 25.8 Å². The number of carbonyl (C=O) groups is 1. The Hall–Kier alpha value is -1.79. The first-order chi connectivity index (χ1) is 10.6. The number of nitrogens with one attached hydrogen (secondary N) is 2. The van der Waals surface area contributed by atoms with E-state index in [-0.39, 0.29) is 24.2 Å². The van der Waals surface area contributed by atoms with E-state index in [4.69, 9.17) is 0 Å². The van der Waals surface area contributed by atoms with Gasteiger partial charge in [0.25, 0.3) is 0 Å². The third-order valence-electron chi connectivity index (χ3n) is 3.63. The van der Waals surface area contributed by atoms with E-state index in [0.717, 1.165) is 17.8 Å². The summed E-state index contributed by atoms with van der Waals surface area (Å²) in [5.41, 5.74) is 0.211. The van der Waals surface area contributed by atoms with Crippen molar-refractivity contribution >= 4 is 22.9 Å². The summed E-state index contributed by atoms with van der Waals surface area (Å²) in [6, 6.07) is 6.28. The highest BCUT2D eigenvalue weighted by Gasteiger charge is 2.34. The van der Waals surface area contributed by atoms with E-state index in [9.17, 15) is 9.18 Å². The van der Waals surface area contributed by atoms with Crippen LogP contribution in [0.15, 0.2) is 30.5 Å². The minimum atomic E-state index is -0.426. The summed E-state index contributed by atoms with van der Waals surface area (Å²) < 4.78 is 13.5. The fraction of sp³-hybridized carbons (Fsp3) is 0.375. The number of hydrogen-bond donors (Lipinski definition) is 2. The van der Waals surface area contributed by atoms with Gasteiger partial charge in [-0.2, -0.15) is 0 Å². The maximum absolute atomic E-state index is 13.5. The van der Waals surface area contributed by atoms with Gasteiger partial charge in [-0.3, -0.25) is 10.1 Å². The van der Waals surface area contributed by atoms with E-state index in [1.807, 2.05) is 13.1 Å². The number of halogens is 1. The van der Waals surface area contributed by atoms with Gasteiger partial charge in [-0.05, 0) is 37.8 Å². The number of anilines is 1. The first-order valence-electron chi connectivity index (χ1n) is 7.33. The number of amides is 1. The van der Waals surface area contributed by atoms with Crippen LogP contribution in [0.25, 0.3) is 0 Å². The molecule has 0 radical (unpaired) electrons. The van der Waals surface area contributed by atoms with Crippen LogP contribution < -0.4 is 10.6 Å². The van der Waals surface area contributed by atoms with E-state index in [1.54, 1.807) is 29.5 Å². The van der Waals surface area contributed by atoms with E-state index < -0.39 is 5.82 Å². The summed E-state index contributed by atoms with van der Waals surface area (Å²) >= 11 is 1.66. The average molecular weight is 319 g/mol. The van der Waals surface area contributed by atoms with Crippen LogP contribution in [0.4, 0.5) is 10.1 Å². The maximum Gasteiger partial charge on any atom is 0.238 e. The molecule has 1 fully saturated rings. The third-order valence-corrected chi connectivity index (χ3v) is 4.62. The van der Waals surface area contributed by atoms with Crippen LogP contribution in [0, 0.1) is 18.7 Å². The van der Waals surface area contributed by atoms with Gasteiger partial charge in [0.1, 0.15) is 10.8 Å². The fourth-order valence-corrected chi connectivity index (χ4v) is 3.30. The molecule has 1 atom stereocenters. The van der Waals surface area contributed by atoms with Gasteiger partial charge >= 0.3 is 0 Å². The third kappa shape index (κ3) is 3.69. The summed E-state index contributed by atoms with van der Waals surface area (Å²) in [5.74, 6) is -0.124. The second-order valence-corrected chi connectivity index (χ2v) is 6.80. The predicted octanol–water partition coefficient (Wildman–Crippen LogP) is 3.27. The number of aryl methyl sites for hydroxylation is 1. The predicted molar refractivity (Wildman–Crippen MR) is 85.3 cm³/mol. The second-order valence-electron chi connectivity index (χ2n) is 5.53. The second kappa shape index (κ2) is 6.54. The molecule has 6 heteroatoms. The summed E-state index contributed by atoms with van der Waals surface area (Å²) in [7, 11) is 0. The Balaban J connectivity index is 1.58. The van der Waals surface area contributed by atoms with Gasteiger partial charge in [-0.15, -0.1) is 11.3 Å². The largest absolute Gasteiger partial charge is 0.322 e. The molecule has 0 unspecified atom stereocenters. The van der Waals surface area contributed by atoms with Crippen LogP contribution in [-0.4, -0.2) is 17.4 Å². The van der Waals surface area contributed by atoms with Crippen molar-refractivity contribution in [3.63, 3.8) is 0 Å². The number of nitrogens with zero attached hydrogens (tertiary/aromatic N) is 1. The van der Waals surface area contributed by atoms with Gasteiger partial charge in [0.15, 0.2) is 0 Å². The minimum absolute atomic E-state index is 0.116. The maximum atomic E-state index is 13.5. The molecule has 1 aromatic carbocycles. The normalized spacial score (nSPS) is 15.5. The molecule has 2 aromatic rings. The zero-order chi connectivity index (χ0) is 15.5. The summed E-state index contributed by atoms with van der Waals surface area (Å²) in [6.45, 7) is 2.17.